The molecule has 0 aromatic heterocycles. The maximum Gasteiger partial charge on any atom is 0.251 e. The molecule has 0 bridgehead atoms. The van der Waals surface area contributed by atoms with Gasteiger partial charge in [-0.05, 0) is 45.0 Å². The molecule has 1 saturated heterocycles. The summed E-state index contributed by atoms with van der Waals surface area (Å²) in [5, 5.41) is 14.5. The number of benzene rings is 1. The smallest absolute Gasteiger partial charge is 0.251 e. The third-order valence-corrected chi connectivity index (χ3v) is 3.66. The minimum atomic E-state index is -0.104. The van der Waals surface area contributed by atoms with Crippen LogP contribution in [-0.4, -0.2) is 47.5 Å². The van der Waals surface area contributed by atoms with Crippen LogP contribution in [-0.2, 0) is 0 Å². The number of carbonyl (C=O) groups is 1. The largest absolute Gasteiger partial charge is 0.409 e. The Morgan fingerprint density at radius 1 is 1.33 bits per heavy atom. The fourth-order valence-corrected chi connectivity index (χ4v) is 2.56. The fourth-order valence-electron chi connectivity index (χ4n) is 2.56. The molecule has 0 saturated carbocycles. The van der Waals surface area contributed by atoms with Gasteiger partial charge in [-0.15, -0.1) is 0 Å². The molecule has 21 heavy (non-hydrogen) atoms. The van der Waals surface area contributed by atoms with Gasteiger partial charge in [0.15, 0.2) is 5.84 Å². The van der Waals surface area contributed by atoms with E-state index in [1.807, 2.05) is 6.92 Å². The maximum absolute atomic E-state index is 12.1. The molecule has 1 aliphatic heterocycles. The number of amidine groups is 1. The van der Waals surface area contributed by atoms with Crippen LogP contribution in [0, 0.1) is 0 Å². The predicted molar refractivity (Wildman–Crippen MR) is 81.6 cm³/mol. The second-order valence-corrected chi connectivity index (χ2v) is 5.44. The van der Waals surface area contributed by atoms with Gasteiger partial charge in [0.25, 0.3) is 5.91 Å². The van der Waals surface area contributed by atoms with Crippen molar-refractivity contribution in [3.05, 3.63) is 35.4 Å². The normalized spacial score (nSPS) is 17.7. The van der Waals surface area contributed by atoms with E-state index in [2.05, 4.69) is 15.4 Å². The first kappa shape index (κ1) is 15.3. The van der Waals surface area contributed by atoms with Crippen molar-refractivity contribution in [1.82, 2.24) is 10.2 Å². The van der Waals surface area contributed by atoms with Crippen molar-refractivity contribution in [1.29, 1.82) is 0 Å². The van der Waals surface area contributed by atoms with Crippen molar-refractivity contribution in [2.24, 2.45) is 10.9 Å². The van der Waals surface area contributed by atoms with Crippen molar-refractivity contribution in [3.8, 4) is 0 Å². The monoisotopic (exact) mass is 290 g/mol. The van der Waals surface area contributed by atoms with E-state index in [-0.39, 0.29) is 17.8 Å². The molecule has 1 aliphatic rings. The summed E-state index contributed by atoms with van der Waals surface area (Å²) in [6.07, 6.45) is 2.49. The van der Waals surface area contributed by atoms with E-state index in [1.165, 1.54) is 12.8 Å². The lowest BCUT2D eigenvalue weighted by Crippen LogP contribution is -2.41. The van der Waals surface area contributed by atoms with E-state index < -0.39 is 0 Å². The van der Waals surface area contributed by atoms with Crippen LogP contribution in [0.2, 0.25) is 0 Å². The highest BCUT2D eigenvalue weighted by molar-refractivity contribution is 5.99. The highest BCUT2D eigenvalue weighted by Crippen LogP contribution is 2.08. The number of nitrogens with zero attached hydrogens (tertiary/aromatic N) is 2. The van der Waals surface area contributed by atoms with Crippen molar-refractivity contribution in [3.63, 3.8) is 0 Å². The molecular weight excluding hydrogens is 268 g/mol. The molecule has 0 aliphatic carbocycles. The molecule has 0 spiro atoms. The zero-order valence-corrected chi connectivity index (χ0v) is 12.2. The van der Waals surface area contributed by atoms with E-state index in [0.29, 0.717) is 11.1 Å². The zero-order chi connectivity index (χ0) is 15.2. The second kappa shape index (κ2) is 7.08. The SMILES string of the molecule is CC(CN1CCCC1)NC(=O)c1ccc(C(N)=NO)cc1. The predicted octanol–water partition coefficient (Wildman–Crippen LogP) is 0.995. The summed E-state index contributed by atoms with van der Waals surface area (Å²) in [6.45, 7) is 5.14. The Balaban J connectivity index is 1.90. The van der Waals surface area contributed by atoms with Gasteiger partial charge in [-0.2, -0.15) is 0 Å². The number of likely N-dealkylation sites (tertiary alicyclic amines) is 1. The van der Waals surface area contributed by atoms with Crippen LogP contribution in [0.15, 0.2) is 29.4 Å². The number of hydrogen-bond acceptors (Lipinski definition) is 4. The van der Waals surface area contributed by atoms with E-state index in [0.717, 1.165) is 19.6 Å². The highest BCUT2D eigenvalue weighted by Gasteiger charge is 2.16. The number of carbonyl (C=O) groups excluding carboxylic acids is 1. The van der Waals surface area contributed by atoms with E-state index >= 15 is 0 Å². The summed E-state index contributed by atoms with van der Waals surface area (Å²) in [5.74, 6) is -0.0721. The molecule has 4 N–H and O–H groups in total. The molecule has 1 unspecified atom stereocenters. The Morgan fingerprint density at radius 2 is 1.90 bits per heavy atom. The molecule has 6 heteroatoms. The summed E-state index contributed by atoms with van der Waals surface area (Å²) >= 11 is 0. The van der Waals surface area contributed by atoms with Crippen molar-refractivity contribution in [2.75, 3.05) is 19.6 Å². The van der Waals surface area contributed by atoms with Crippen LogP contribution in [0.5, 0.6) is 0 Å². The molecule has 1 atom stereocenters. The average Bonchev–Trinajstić information content (AvgIpc) is 2.99. The Bertz CT molecular complexity index is 507. The quantitative estimate of drug-likeness (QED) is 0.326. The van der Waals surface area contributed by atoms with Crippen LogP contribution in [0.25, 0.3) is 0 Å². The van der Waals surface area contributed by atoms with Crippen LogP contribution in [0.1, 0.15) is 35.7 Å². The molecule has 1 heterocycles. The molecule has 1 aromatic carbocycles. The first-order valence-corrected chi connectivity index (χ1v) is 7.21. The Hall–Kier alpha value is -2.08. The van der Waals surface area contributed by atoms with Crippen molar-refractivity contribution < 1.29 is 10.0 Å². The minimum absolute atomic E-state index is 0.0318. The molecule has 2 rings (SSSR count). The molecule has 6 nitrogen and oxygen atoms in total. The first-order chi connectivity index (χ1) is 10.1. The van der Waals surface area contributed by atoms with Gasteiger partial charge in [-0.1, -0.05) is 17.3 Å². The van der Waals surface area contributed by atoms with E-state index in [1.54, 1.807) is 24.3 Å². The third-order valence-electron chi connectivity index (χ3n) is 3.66. The Kier molecular flexibility index (Phi) is 5.16. The van der Waals surface area contributed by atoms with Crippen LogP contribution in [0.4, 0.5) is 0 Å². The molecular formula is C15H22N4O2. The van der Waals surface area contributed by atoms with E-state index in [9.17, 15) is 4.79 Å². The van der Waals surface area contributed by atoms with Gasteiger partial charge in [0, 0.05) is 23.7 Å². The molecule has 1 aromatic rings. The number of amides is 1. The van der Waals surface area contributed by atoms with Crippen LogP contribution >= 0.6 is 0 Å². The number of hydrogen-bond donors (Lipinski definition) is 3. The molecule has 114 valence electrons. The minimum Gasteiger partial charge on any atom is -0.409 e. The molecule has 1 amide bonds. The molecule has 1 fully saturated rings. The van der Waals surface area contributed by atoms with Gasteiger partial charge in [0.2, 0.25) is 0 Å². The lowest BCUT2D eigenvalue weighted by atomic mass is 10.1. The van der Waals surface area contributed by atoms with Gasteiger partial charge in [-0.25, -0.2) is 0 Å². The summed E-state index contributed by atoms with van der Waals surface area (Å²) in [6, 6.07) is 6.78. The second-order valence-electron chi connectivity index (χ2n) is 5.44. The average molecular weight is 290 g/mol. The summed E-state index contributed by atoms with van der Waals surface area (Å²) in [7, 11) is 0. The van der Waals surface area contributed by atoms with Gasteiger partial charge < -0.3 is 21.2 Å². The zero-order valence-electron chi connectivity index (χ0n) is 12.2. The number of nitrogens with one attached hydrogen (secondary N) is 1. The standard InChI is InChI=1S/C15H22N4O2/c1-11(10-19-8-2-3-9-19)17-15(20)13-6-4-12(5-7-13)14(16)18-21/h4-7,11,21H,2-3,8-10H2,1H3,(H2,16,18)(H,17,20). The van der Waals surface area contributed by atoms with Crippen molar-refractivity contribution >= 4 is 11.7 Å². The number of nitrogens with two attached hydrogens (primary N) is 1. The van der Waals surface area contributed by atoms with Crippen LogP contribution < -0.4 is 11.1 Å². The lowest BCUT2D eigenvalue weighted by molar-refractivity contribution is 0.0932. The van der Waals surface area contributed by atoms with Gasteiger partial charge in [0.05, 0.1) is 0 Å². The Labute approximate surface area is 124 Å². The van der Waals surface area contributed by atoms with Gasteiger partial charge in [0.1, 0.15) is 0 Å². The molecule has 0 radical (unpaired) electrons. The number of oxime groups is 1. The summed E-state index contributed by atoms with van der Waals surface area (Å²) < 4.78 is 0. The first-order valence-electron chi connectivity index (χ1n) is 7.21. The van der Waals surface area contributed by atoms with E-state index in [4.69, 9.17) is 10.9 Å². The summed E-state index contributed by atoms with van der Waals surface area (Å²) in [4.78, 5) is 14.5. The summed E-state index contributed by atoms with van der Waals surface area (Å²) in [5.41, 5.74) is 6.64. The maximum atomic E-state index is 12.1. The Morgan fingerprint density at radius 3 is 2.48 bits per heavy atom. The highest BCUT2D eigenvalue weighted by atomic mass is 16.4. The lowest BCUT2D eigenvalue weighted by Gasteiger charge is -2.21. The topological polar surface area (TPSA) is 91.0 Å². The fraction of sp³-hybridized carbons (Fsp3) is 0.467. The third kappa shape index (κ3) is 4.19. The van der Waals surface area contributed by atoms with Crippen molar-refractivity contribution in [2.45, 2.75) is 25.8 Å². The van der Waals surface area contributed by atoms with Gasteiger partial charge >= 0.3 is 0 Å². The van der Waals surface area contributed by atoms with Gasteiger partial charge in [-0.3, -0.25) is 4.79 Å². The van der Waals surface area contributed by atoms with Crippen LogP contribution in [0.3, 0.4) is 0 Å². The number of rotatable bonds is 5.